The van der Waals surface area contributed by atoms with Crippen molar-refractivity contribution in [3.05, 3.63) is 42.7 Å². The van der Waals surface area contributed by atoms with Crippen molar-refractivity contribution < 1.29 is 9.18 Å². The van der Waals surface area contributed by atoms with Gasteiger partial charge in [0.2, 0.25) is 11.0 Å². The Bertz CT molecular complexity index is 632. The van der Waals surface area contributed by atoms with E-state index in [1.54, 1.807) is 24.3 Å². The number of para-hydroxylation sites is 1. The van der Waals surface area contributed by atoms with Gasteiger partial charge >= 0.3 is 0 Å². The highest BCUT2D eigenvalue weighted by Crippen LogP contribution is 2.28. The molecular formula is C13H13FN4OS2. The van der Waals surface area contributed by atoms with Crippen molar-refractivity contribution in [1.82, 2.24) is 15.5 Å². The van der Waals surface area contributed by atoms with Crippen LogP contribution in [0, 0.1) is 5.82 Å². The SMILES string of the molecule is C=CCNC(=O)CSc1nnc(Nc2ccccc2F)s1. The third kappa shape index (κ3) is 4.83. The molecule has 1 amide bonds. The van der Waals surface area contributed by atoms with Crippen molar-refractivity contribution in [3.8, 4) is 0 Å². The van der Waals surface area contributed by atoms with Crippen LogP contribution < -0.4 is 10.6 Å². The van der Waals surface area contributed by atoms with Gasteiger partial charge in [-0.25, -0.2) is 4.39 Å². The molecule has 0 unspecified atom stereocenters. The van der Waals surface area contributed by atoms with Crippen LogP contribution >= 0.6 is 23.1 Å². The van der Waals surface area contributed by atoms with E-state index in [2.05, 4.69) is 27.4 Å². The minimum atomic E-state index is -0.356. The topological polar surface area (TPSA) is 66.9 Å². The molecule has 0 aliphatic heterocycles. The molecule has 21 heavy (non-hydrogen) atoms. The van der Waals surface area contributed by atoms with Crippen LogP contribution in [0.25, 0.3) is 0 Å². The number of nitrogens with zero attached hydrogens (tertiary/aromatic N) is 2. The Kier molecular flexibility index (Phi) is 5.70. The van der Waals surface area contributed by atoms with E-state index in [-0.39, 0.29) is 17.5 Å². The van der Waals surface area contributed by atoms with Gasteiger partial charge in [-0.1, -0.05) is 41.3 Å². The van der Waals surface area contributed by atoms with Crippen molar-refractivity contribution in [2.75, 3.05) is 17.6 Å². The van der Waals surface area contributed by atoms with E-state index in [1.807, 2.05) is 0 Å². The number of halogens is 1. The molecule has 0 spiro atoms. The molecule has 1 heterocycles. The normalized spacial score (nSPS) is 10.1. The Labute approximate surface area is 129 Å². The van der Waals surface area contributed by atoms with Crippen molar-refractivity contribution in [3.63, 3.8) is 0 Å². The van der Waals surface area contributed by atoms with Gasteiger partial charge < -0.3 is 10.6 Å². The van der Waals surface area contributed by atoms with Gasteiger partial charge in [0.25, 0.3) is 0 Å². The molecule has 0 aliphatic carbocycles. The average molecular weight is 324 g/mol. The Morgan fingerprint density at radius 1 is 1.43 bits per heavy atom. The Morgan fingerprint density at radius 2 is 2.24 bits per heavy atom. The fourth-order valence-electron chi connectivity index (χ4n) is 1.36. The average Bonchev–Trinajstić information content (AvgIpc) is 2.93. The Hall–Kier alpha value is -1.93. The van der Waals surface area contributed by atoms with Crippen molar-refractivity contribution >= 4 is 39.8 Å². The highest BCUT2D eigenvalue weighted by molar-refractivity contribution is 8.01. The number of thioether (sulfide) groups is 1. The summed E-state index contributed by atoms with van der Waals surface area (Å²) in [4.78, 5) is 11.4. The maximum absolute atomic E-state index is 13.5. The van der Waals surface area contributed by atoms with E-state index in [0.29, 0.717) is 21.7 Å². The van der Waals surface area contributed by atoms with Crippen LogP contribution in [0.4, 0.5) is 15.2 Å². The highest BCUT2D eigenvalue weighted by atomic mass is 32.2. The molecule has 2 rings (SSSR count). The second-order valence-electron chi connectivity index (χ2n) is 3.86. The summed E-state index contributed by atoms with van der Waals surface area (Å²) in [5, 5.41) is 13.9. The summed E-state index contributed by atoms with van der Waals surface area (Å²) in [7, 11) is 0. The first-order chi connectivity index (χ1) is 10.2. The third-order valence-corrected chi connectivity index (χ3v) is 4.26. The van der Waals surface area contributed by atoms with Gasteiger partial charge in [-0.15, -0.1) is 16.8 Å². The number of aromatic nitrogens is 2. The fraction of sp³-hybridized carbons (Fsp3) is 0.154. The molecule has 0 aliphatic rings. The number of nitrogens with one attached hydrogen (secondary N) is 2. The van der Waals surface area contributed by atoms with Crippen LogP contribution in [0.1, 0.15) is 0 Å². The summed E-state index contributed by atoms with van der Waals surface area (Å²) in [5.41, 5.74) is 0.342. The van der Waals surface area contributed by atoms with Gasteiger partial charge in [-0.2, -0.15) is 0 Å². The summed E-state index contributed by atoms with van der Waals surface area (Å²) in [6.45, 7) is 3.96. The molecular weight excluding hydrogens is 311 g/mol. The number of hydrogen-bond acceptors (Lipinski definition) is 6. The lowest BCUT2D eigenvalue weighted by molar-refractivity contribution is -0.118. The monoisotopic (exact) mass is 324 g/mol. The largest absolute Gasteiger partial charge is 0.352 e. The highest BCUT2D eigenvalue weighted by Gasteiger charge is 2.09. The summed E-state index contributed by atoms with van der Waals surface area (Å²) in [5.74, 6) is -0.202. The first-order valence-electron chi connectivity index (χ1n) is 6.04. The number of anilines is 2. The van der Waals surface area contributed by atoms with Crippen molar-refractivity contribution in [1.29, 1.82) is 0 Å². The molecule has 2 aromatic rings. The molecule has 1 aromatic heterocycles. The molecule has 1 aromatic carbocycles. The standard InChI is InChI=1S/C13H13FN4OS2/c1-2-7-15-11(19)8-20-13-18-17-12(21-13)16-10-6-4-3-5-9(10)14/h2-6H,1,7-8H2,(H,15,19)(H,16,17). The van der Waals surface area contributed by atoms with Crippen LogP contribution in [-0.4, -0.2) is 28.4 Å². The first-order valence-corrected chi connectivity index (χ1v) is 7.84. The summed E-state index contributed by atoms with van der Waals surface area (Å²) in [6, 6.07) is 6.32. The van der Waals surface area contributed by atoms with Gasteiger partial charge in [0.05, 0.1) is 11.4 Å². The first kappa shape index (κ1) is 15.5. The number of hydrogen-bond donors (Lipinski definition) is 2. The van der Waals surface area contributed by atoms with E-state index in [4.69, 9.17) is 0 Å². The van der Waals surface area contributed by atoms with Crippen LogP contribution in [0.5, 0.6) is 0 Å². The maximum atomic E-state index is 13.5. The van der Waals surface area contributed by atoms with Gasteiger partial charge in [0, 0.05) is 6.54 Å². The van der Waals surface area contributed by atoms with Crippen molar-refractivity contribution in [2.45, 2.75) is 4.34 Å². The van der Waals surface area contributed by atoms with Gasteiger partial charge in [-0.05, 0) is 12.1 Å². The van der Waals surface area contributed by atoms with E-state index >= 15 is 0 Å². The van der Waals surface area contributed by atoms with Crippen LogP contribution in [-0.2, 0) is 4.79 Å². The molecule has 0 radical (unpaired) electrons. The van der Waals surface area contributed by atoms with Gasteiger partial charge in [0.15, 0.2) is 4.34 Å². The summed E-state index contributed by atoms with van der Waals surface area (Å²) < 4.78 is 14.1. The van der Waals surface area contributed by atoms with Crippen LogP contribution in [0.3, 0.4) is 0 Å². The number of carbonyl (C=O) groups excluding carboxylic acids is 1. The Morgan fingerprint density at radius 3 is 3.00 bits per heavy atom. The lowest BCUT2D eigenvalue weighted by atomic mass is 10.3. The molecule has 110 valence electrons. The maximum Gasteiger partial charge on any atom is 0.230 e. The van der Waals surface area contributed by atoms with Crippen LogP contribution in [0.15, 0.2) is 41.3 Å². The van der Waals surface area contributed by atoms with E-state index in [1.165, 1.54) is 29.2 Å². The summed E-state index contributed by atoms with van der Waals surface area (Å²) >= 11 is 2.54. The zero-order chi connectivity index (χ0) is 15.1. The molecule has 0 saturated heterocycles. The minimum Gasteiger partial charge on any atom is -0.352 e. The smallest absolute Gasteiger partial charge is 0.230 e. The molecule has 0 saturated carbocycles. The minimum absolute atomic E-state index is 0.0984. The molecule has 0 atom stereocenters. The molecule has 5 nitrogen and oxygen atoms in total. The number of carbonyl (C=O) groups is 1. The zero-order valence-corrected chi connectivity index (χ0v) is 12.6. The zero-order valence-electron chi connectivity index (χ0n) is 11.0. The fourth-order valence-corrected chi connectivity index (χ4v) is 2.95. The van der Waals surface area contributed by atoms with E-state index < -0.39 is 0 Å². The van der Waals surface area contributed by atoms with Gasteiger partial charge in [0.1, 0.15) is 5.82 Å². The Balaban J connectivity index is 1.88. The number of rotatable bonds is 7. The second-order valence-corrected chi connectivity index (χ2v) is 6.06. The lowest BCUT2D eigenvalue weighted by Crippen LogP contribution is -2.24. The van der Waals surface area contributed by atoms with E-state index in [9.17, 15) is 9.18 Å². The second kappa shape index (κ2) is 7.75. The van der Waals surface area contributed by atoms with Gasteiger partial charge in [-0.3, -0.25) is 4.79 Å². The lowest BCUT2D eigenvalue weighted by Gasteiger charge is -2.02. The molecule has 0 bridgehead atoms. The molecule has 2 N–H and O–H groups in total. The molecule has 0 fully saturated rings. The number of amides is 1. The third-order valence-electron chi connectivity index (χ3n) is 2.29. The molecule has 8 heteroatoms. The summed E-state index contributed by atoms with van der Waals surface area (Å²) in [6.07, 6.45) is 1.62. The predicted octanol–water partition coefficient (Wildman–Crippen LogP) is 2.82. The van der Waals surface area contributed by atoms with E-state index in [0.717, 1.165) is 0 Å². The van der Waals surface area contributed by atoms with Crippen LogP contribution in [0.2, 0.25) is 0 Å². The van der Waals surface area contributed by atoms with Crippen molar-refractivity contribution in [2.24, 2.45) is 0 Å². The quantitative estimate of drug-likeness (QED) is 0.605. The predicted molar refractivity (Wildman–Crippen MR) is 83.5 cm³/mol. The number of benzene rings is 1.